The van der Waals surface area contributed by atoms with E-state index >= 15 is 0 Å². The third kappa shape index (κ3) is 3.71. The SMILES string of the molecule is COc1ccc(C2(CNC(=O)c3ccc(C)c(C)c3)CCCC2)cc1. The van der Waals surface area contributed by atoms with E-state index in [4.69, 9.17) is 4.74 Å². The first-order valence-electron chi connectivity index (χ1n) is 9.04. The van der Waals surface area contributed by atoms with Crippen molar-refractivity contribution in [2.45, 2.75) is 44.9 Å². The number of aryl methyl sites for hydroxylation is 2. The lowest BCUT2D eigenvalue weighted by molar-refractivity contribution is 0.0943. The number of hydrogen-bond acceptors (Lipinski definition) is 2. The van der Waals surface area contributed by atoms with Gasteiger partial charge in [0.15, 0.2) is 0 Å². The molecule has 0 aromatic heterocycles. The normalized spacial score (nSPS) is 15.8. The molecular formula is C22H27NO2. The first-order chi connectivity index (χ1) is 12.0. The first kappa shape index (κ1) is 17.5. The molecule has 1 saturated carbocycles. The highest BCUT2D eigenvalue weighted by Gasteiger charge is 2.36. The van der Waals surface area contributed by atoms with Crippen LogP contribution in [-0.4, -0.2) is 19.6 Å². The van der Waals surface area contributed by atoms with Gasteiger partial charge < -0.3 is 10.1 Å². The summed E-state index contributed by atoms with van der Waals surface area (Å²) in [6.45, 7) is 4.79. The average molecular weight is 337 g/mol. The minimum Gasteiger partial charge on any atom is -0.497 e. The maximum Gasteiger partial charge on any atom is 0.251 e. The zero-order chi connectivity index (χ0) is 17.9. The molecule has 1 aliphatic rings. The summed E-state index contributed by atoms with van der Waals surface area (Å²) in [7, 11) is 1.68. The summed E-state index contributed by atoms with van der Waals surface area (Å²) in [6, 6.07) is 14.2. The van der Waals surface area contributed by atoms with Gasteiger partial charge in [-0.1, -0.05) is 31.0 Å². The van der Waals surface area contributed by atoms with Crippen LogP contribution < -0.4 is 10.1 Å². The summed E-state index contributed by atoms with van der Waals surface area (Å²) < 4.78 is 5.27. The van der Waals surface area contributed by atoms with Crippen molar-refractivity contribution in [2.75, 3.05) is 13.7 Å². The molecule has 1 N–H and O–H groups in total. The molecule has 1 aliphatic carbocycles. The van der Waals surface area contributed by atoms with Crippen LogP contribution in [0, 0.1) is 13.8 Å². The van der Waals surface area contributed by atoms with Crippen LogP contribution in [0.5, 0.6) is 5.75 Å². The summed E-state index contributed by atoms with van der Waals surface area (Å²) in [5.41, 5.74) is 4.44. The van der Waals surface area contributed by atoms with Crippen molar-refractivity contribution in [3.05, 3.63) is 64.7 Å². The van der Waals surface area contributed by atoms with Crippen LogP contribution in [0.15, 0.2) is 42.5 Å². The number of nitrogens with one attached hydrogen (secondary N) is 1. The Bertz CT molecular complexity index is 743. The van der Waals surface area contributed by atoms with Gasteiger partial charge in [-0.2, -0.15) is 0 Å². The van der Waals surface area contributed by atoms with Crippen LogP contribution in [0.4, 0.5) is 0 Å². The van der Waals surface area contributed by atoms with Crippen molar-refractivity contribution >= 4 is 5.91 Å². The van der Waals surface area contributed by atoms with Crippen molar-refractivity contribution in [2.24, 2.45) is 0 Å². The maximum atomic E-state index is 12.6. The molecule has 2 aromatic carbocycles. The van der Waals surface area contributed by atoms with Crippen LogP contribution >= 0.6 is 0 Å². The second-order valence-corrected chi connectivity index (χ2v) is 7.20. The molecule has 0 radical (unpaired) electrons. The quantitative estimate of drug-likeness (QED) is 0.869. The Hall–Kier alpha value is -2.29. The number of hydrogen-bond donors (Lipinski definition) is 1. The smallest absolute Gasteiger partial charge is 0.251 e. The number of amides is 1. The third-order valence-electron chi connectivity index (χ3n) is 5.62. The fraction of sp³-hybridized carbons (Fsp3) is 0.409. The molecule has 1 fully saturated rings. The molecule has 3 rings (SSSR count). The van der Waals surface area contributed by atoms with Crippen LogP contribution in [-0.2, 0) is 5.41 Å². The van der Waals surface area contributed by atoms with E-state index in [-0.39, 0.29) is 11.3 Å². The number of ether oxygens (including phenoxy) is 1. The molecule has 0 aliphatic heterocycles. The van der Waals surface area contributed by atoms with E-state index in [1.54, 1.807) is 7.11 Å². The van der Waals surface area contributed by atoms with Crippen LogP contribution in [0.3, 0.4) is 0 Å². The van der Waals surface area contributed by atoms with Crippen LogP contribution in [0.2, 0.25) is 0 Å². The first-order valence-corrected chi connectivity index (χ1v) is 9.04. The Balaban J connectivity index is 1.75. The van der Waals surface area contributed by atoms with Crippen LogP contribution in [0.25, 0.3) is 0 Å². The molecule has 0 unspecified atom stereocenters. The van der Waals surface area contributed by atoms with Gasteiger partial charge in [0.1, 0.15) is 5.75 Å². The molecule has 0 heterocycles. The molecule has 25 heavy (non-hydrogen) atoms. The number of benzene rings is 2. The van der Waals surface area contributed by atoms with Gasteiger partial charge in [0.2, 0.25) is 0 Å². The lowest BCUT2D eigenvalue weighted by atomic mass is 9.78. The van der Waals surface area contributed by atoms with Gasteiger partial charge >= 0.3 is 0 Å². The average Bonchev–Trinajstić information content (AvgIpc) is 3.12. The highest BCUT2D eigenvalue weighted by atomic mass is 16.5. The monoisotopic (exact) mass is 337 g/mol. The zero-order valence-electron chi connectivity index (χ0n) is 15.4. The second-order valence-electron chi connectivity index (χ2n) is 7.20. The maximum absolute atomic E-state index is 12.6. The number of rotatable bonds is 5. The van der Waals surface area contributed by atoms with Crippen molar-refractivity contribution in [3.8, 4) is 5.75 Å². The van der Waals surface area contributed by atoms with Crippen LogP contribution in [0.1, 0.15) is 52.7 Å². The Labute approximate surface area is 150 Å². The molecule has 0 spiro atoms. The van der Waals surface area contributed by atoms with Crippen molar-refractivity contribution in [1.29, 1.82) is 0 Å². The predicted octanol–water partition coefficient (Wildman–Crippen LogP) is 4.55. The third-order valence-corrected chi connectivity index (χ3v) is 5.62. The summed E-state index contributed by atoms with van der Waals surface area (Å²) in [5, 5.41) is 3.19. The van der Waals surface area contributed by atoms with Gasteiger partial charge in [-0.15, -0.1) is 0 Å². The second kappa shape index (κ2) is 7.30. The van der Waals surface area contributed by atoms with Gasteiger partial charge in [0, 0.05) is 17.5 Å². The standard InChI is InChI=1S/C22H27NO2/c1-16-6-7-18(14-17(16)2)21(24)23-15-22(12-4-5-13-22)19-8-10-20(25-3)11-9-19/h6-11,14H,4-5,12-13,15H2,1-3H3,(H,23,24). The largest absolute Gasteiger partial charge is 0.497 e. The summed E-state index contributed by atoms with van der Waals surface area (Å²) >= 11 is 0. The molecule has 3 nitrogen and oxygen atoms in total. The summed E-state index contributed by atoms with van der Waals surface area (Å²) in [6.07, 6.45) is 4.66. The zero-order valence-corrected chi connectivity index (χ0v) is 15.4. The summed E-state index contributed by atoms with van der Waals surface area (Å²) in [5.74, 6) is 0.888. The van der Waals surface area contributed by atoms with E-state index in [9.17, 15) is 4.79 Å². The molecule has 0 atom stereocenters. The van der Waals surface area contributed by atoms with Crippen molar-refractivity contribution < 1.29 is 9.53 Å². The molecule has 3 heteroatoms. The number of carbonyl (C=O) groups is 1. The minimum absolute atomic E-state index is 0.0166. The van der Waals surface area contributed by atoms with Gasteiger partial charge in [0.25, 0.3) is 5.91 Å². The minimum atomic E-state index is 0.0166. The Morgan fingerprint density at radius 2 is 1.72 bits per heavy atom. The fourth-order valence-corrected chi connectivity index (χ4v) is 3.80. The van der Waals surface area contributed by atoms with E-state index in [1.165, 1.54) is 24.0 Å². The molecule has 132 valence electrons. The number of methoxy groups -OCH3 is 1. The summed E-state index contributed by atoms with van der Waals surface area (Å²) in [4.78, 5) is 12.6. The van der Waals surface area contributed by atoms with Gasteiger partial charge in [0.05, 0.1) is 7.11 Å². The molecule has 2 aromatic rings. The highest BCUT2D eigenvalue weighted by molar-refractivity contribution is 5.94. The highest BCUT2D eigenvalue weighted by Crippen LogP contribution is 2.41. The Morgan fingerprint density at radius 3 is 2.32 bits per heavy atom. The van der Waals surface area contributed by atoms with Crippen molar-refractivity contribution in [1.82, 2.24) is 5.32 Å². The van der Waals surface area contributed by atoms with E-state index in [2.05, 4.69) is 24.4 Å². The van der Waals surface area contributed by atoms with Gasteiger partial charge in [-0.05, 0) is 67.6 Å². The fourth-order valence-electron chi connectivity index (χ4n) is 3.80. The van der Waals surface area contributed by atoms with Gasteiger partial charge in [-0.3, -0.25) is 4.79 Å². The predicted molar refractivity (Wildman–Crippen MR) is 101 cm³/mol. The van der Waals surface area contributed by atoms with E-state index in [0.29, 0.717) is 6.54 Å². The van der Waals surface area contributed by atoms with E-state index in [1.807, 2.05) is 37.3 Å². The van der Waals surface area contributed by atoms with E-state index in [0.717, 1.165) is 29.7 Å². The molecule has 0 bridgehead atoms. The molecular weight excluding hydrogens is 310 g/mol. The lowest BCUT2D eigenvalue weighted by Crippen LogP contribution is -2.39. The van der Waals surface area contributed by atoms with E-state index < -0.39 is 0 Å². The lowest BCUT2D eigenvalue weighted by Gasteiger charge is -2.30. The Kier molecular flexibility index (Phi) is 5.12. The Morgan fingerprint density at radius 1 is 1.04 bits per heavy atom. The van der Waals surface area contributed by atoms with Gasteiger partial charge in [-0.25, -0.2) is 0 Å². The molecule has 1 amide bonds. The number of carbonyl (C=O) groups excluding carboxylic acids is 1. The topological polar surface area (TPSA) is 38.3 Å². The molecule has 0 saturated heterocycles. The van der Waals surface area contributed by atoms with Crippen molar-refractivity contribution in [3.63, 3.8) is 0 Å².